The van der Waals surface area contributed by atoms with Crippen LogP contribution in [0.4, 0.5) is 0 Å². The molecule has 1 heterocycles. The van der Waals surface area contributed by atoms with Crippen LogP contribution in [0.1, 0.15) is 19.4 Å². The average molecular weight is 387 g/mol. The van der Waals surface area contributed by atoms with Crippen LogP contribution in [0.3, 0.4) is 0 Å². The molecule has 0 spiro atoms. The number of carbonyl (C=O) groups excluding carboxylic acids is 1. The first-order valence-corrected chi connectivity index (χ1v) is 10.6. The highest BCUT2D eigenvalue weighted by atomic mass is 32.2. The van der Waals surface area contributed by atoms with Gasteiger partial charge >= 0.3 is 0 Å². The van der Waals surface area contributed by atoms with Crippen molar-refractivity contribution in [2.75, 3.05) is 12.4 Å². The van der Waals surface area contributed by atoms with E-state index in [0.29, 0.717) is 12.4 Å². The predicted octanol–water partition coefficient (Wildman–Crippen LogP) is 4.48. The second kappa shape index (κ2) is 9.05. The summed E-state index contributed by atoms with van der Waals surface area (Å²) in [6.07, 6.45) is 0. The number of thiazole rings is 1. The summed E-state index contributed by atoms with van der Waals surface area (Å²) in [5, 5.41) is 0. The lowest BCUT2D eigenvalue weighted by Crippen LogP contribution is -2.16. The second-order valence-electron chi connectivity index (χ2n) is 5.68. The number of aryl methyl sites for hydroxylation is 1. The van der Waals surface area contributed by atoms with Crippen LogP contribution in [0.25, 0.3) is 10.2 Å². The van der Waals surface area contributed by atoms with E-state index in [9.17, 15) is 4.79 Å². The Kier molecular flexibility index (Phi) is 6.52. The van der Waals surface area contributed by atoms with Gasteiger partial charge in [0.05, 0.1) is 22.6 Å². The Morgan fingerprint density at radius 2 is 2.00 bits per heavy atom. The van der Waals surface area contributed by atoms with Crippen LogP contribution in [0.5, 0.6) is 5.75 Å². The van der Waals surface area contributed by atoms with E-state index in [-0.39, 0.29) is 5.91 Å². The molecular formula is C20H22N2O2S2. The number of carbonyl (C=O) groups is 1. The zero-order valence-electron chi connectivity index (χ0n) is 15.0. The van der Waals surface area contributed by atoms with Gasteiger partial charge in [0.15, 0.2) is 4.80 Å². The fourth-order valence-electron chi connectivity index (χ4n) is 2.67. The standard InChI is InChI=1S/C20H22N2O2S2/c1-3-22-17-11-10-16(24-4-2)12-18(17)26-20(22)21-19(23)14-25-13-15-8-6-5-7-9-15/h5-12H,3-4,13-14H2,1-2H3. The zero-order valence-corrected chi connectivity index (χ0v) is 16.6. The van der Waals surface area contributed by atoms with Gasteiger partial charge in [-0.3, -0.25) is 4.79 Å². The first-order chi connectivity index (χ1) is 12.7. The van der Waals surface area contributed by atoms with Gasteiger partial charge in [-0.25, -0.2) is 0 Å². The van der Waals surface area contributed by atoms with Crippen molar-refractivity contribution < 1.29 is 9.53 Å². The van der Waals surface area contributed by atoms with Crippen molar-refractivity contribution >= 4 is 39.2 Å². The SMILES string of the molecule is CCOc1ccc2c(c1)sc(=NC(=O)CSCc1ccccc1)n2CC. The van der Waals surface area contributed by atoms with E-state index in [4.69, 9.17) is 4.74 Å². The minimum Gasteiger partial charge on any atom is -0.494 e. The Balaban J connectivity index is 1.76. The molecule has 4 nitrogen and oxygen atoms in total. The molecule has 1 aromatic heterocycles. The lowest BCUT2D eigenvalue weighted by molar-refractivity contribution is -0.115. The molecule has 0 aliphatic carbocycles. The number of benzene rings is 2. The molecule has 3 rings (SSSR count). The number of hydrogen-bond acceptors (Lipinski definition) is 4. The van der Waals surface area contributed by atoms with E-state index >= 15 is 0 Å². The van der Waals surface area contributed by atoms with E-state index in [0.717, 1.165) is 33.1 Å². The molecular weight excluding hydrogens is 364 g/mol. The van der Waals surface area contributed by atoms with Crippen molar-refractivity contribution in [1.29, 1.82) is 0 Å². The molecule has 1 amide bonds. The third-order valence-electron chi connectivity index (χ3n) is 3.84. The molecule has 0 aliphatic rings. The Hall–Kier alpha value is -2.05. The molecule has 0 unspecified atom stereocenters. The fourth-order valence-corrected chi connectivity index (χ4v) is 4.58. The summed E-state index contributed by atoms with van der Waals surface area (Å²) in [7, 11) is 0. The summed E-state index contributed by atoms with van der Waals surface area (Å²) in [6.45, 7) is 5.45. The van der Waals surface area contributed by atoms with Gasteiger partial charge in [0.2, 0.25) is 0 Å². The third kappa shape index (κ3) is 4.56. The van der Waals surface area contributed by atoms with E-state index in [2.05, 4.69) is 28.6 Å². The van der Waals surface area contributed by atoms with Crippen molar-refractivity contribution in [3.63, 3.8) is 0 Å². The quantitative estimate of drug-likeness (QED) is 0.601. The number of nitrogens with zero attached hydrogens (tertiary/aromatic N) is 2. The molecule has 0 radical (unpaired) electrons. The van der Waals surface area contributed by atoms with E-state index in [1.807, 2.05) is 43.3 Å². The van der Waals surface area contributed by atoms with Gasteiger partial charge in [0.1, 0.15) is 5.75 Å². The predicted molar refractivity (Wildman–Crippen MR) is 110 cm³/mol. The highest BCUT2D eigenvalue weighted by molar-refractivity contribution is 7.99. The number of aromatic nitrogens is 1. The minimum absolute atomic E-state index is 0.0929. The van der Waals surface area contributed by atoms with Crippen LogP contribution in [0.2, 0.25) is 0 Å². The summed E-state index contributed by atoms with van der Waals surface area (Å²) in [5.74, 6) is 1.96. The maximum Gasteiger partial charge on any atom is 0.258 e. The molecule has 0 N–H and O–H groups in total. The van der Waals surface area contributed by atoms with Crippen LogP contribution in [0.15, 0.2) is 53.5 Å². The zero-order chi connectivity index (χ0) is 18.4. The minimum atomic E-state index is -0.0929. The third-order valence-corrected chi connectivity index (χ3v) is 5.87. The Morgan fingerprint density at radius 3 is 2.73 bits per heavy atom. The highest BCUT2D eigenvalue weighted by Crippen LogP contribution is 2.23. The summed E-state index contributed by atoms with van der Waals surface area (Å²) < 4.78 is 8.73. The molecule has 6 heteroatoms. The Bertz CT molecular complexity index is 945. The smallest absolute Gasteiger partial charge is 0.258 e. The van der Waals surface area contributed by atoms with Gasteiger partial charge in [-0.05, 0) is 37.6 Å². The lowest BCUT2D eigenvalue weighted by atomic mass is 10.2. The monoisotopic (exact) mass is 386 g/mol. The van der Waals surface area contributed by atoms with Crippen molar-refractivity contribution in [2.24, 2.45) is 4.99 Å². The second-order valence-corrected chi connectivity index (χ2v) is 7.67. The van der Waals surface area contributed by atoms with Gasteiger partial charge < -0.3 is 9.30 Å². The summed E-state index contributed by atoms with van der Waals surface area (Å²) in [5.41, 5.74) is 2.31. The summed E-state index contributed by atoms with van der Waals surface area (Å²) in [4.78, 5) is 17.4. The van der Waals surface area contributed by atoms with Crippen LogP contribution in [0, 0.1) is 0 Å². The molecule has 0 bridgehead atoms. The van der Waals surface area contributed by atoms with E-state index in [1.165, 1.54) is 16.9 Å². The number of fused-ring (bicyclic) bond motifs is 1. The van der Waals surface area contributed by atoms with Gasteiger partial charge in [-0.15, -0.1) is 11.8 Å². The Labute approximate surface area is 161 Å². The number of amides is 1. The van der Waals surface area contributed by atoms with Crippen molar-refractivity contribution in [2.45, 2.75) is 26.1 Å². The van der Waals surface area contributed by atoms with E-state index < -0.39 is 0 Å². The van der Waals surface area contributed by atoms with Crippen LogP contribution in [-0.4, -0.2) is 22.8 Å². The maximum atomic E-state index is 12.3. The van der Waals surface area contributed by atoms with Gasteiger partial charge in [0.25, 0.3) is 5.91 Å². The summed E-state index contributed by atoms with van der Waals surface area (Å²) >= 11 is 3.13. The maximum absolute atomic E-state index is 12.3. The van der Waals surface area contributed by atoms with Crippen LogP contribution in [-0.2, 0) is 17.1 Å². The van der Waals surface area contributed by atoms with Crippen molar-refractivity contribution in [1.82, 2.24) is 4.57 Å². The van der Waals surface area contributed by atoms with E-state index in [1.54, 1.807) is 11.8 Å². The molecule has 0 atom stereocenters. The van der Waals surface area contributed by atoms with Gasteiger partial charge in [0, 0.05) is 12.3 Å². The molecule has 0 saturated carbocycles. The average Bonchev–Trinajstić information content (AvgIpc) is 2.99. The summed E-state index contributed by atoms with van der Waals surface area (Å²) in [6, 6.07) is 16.2. The van der Waals surface area contributed by atoms with Gasteiger partial charge in [-0.1, -0.05) is 41.7 Å². The van der Waals surface area contributed by atoms with Gasteiger partial charge in [-0.2, -0.15) is 4.99 Å². The largest absolute Gasteiger partial charge is 0.494 e. The molecule has 136 valence electrons. The van der Waals surface area contributed by atoms with Crippen LogP contribution >= 0.6 is 23.1 Å². The highest BCUT2D eigenvalue weighted by Gasteiger charge is 2.08. The van der Waals surface area contributed by atoms with Crippen molar-refractivity contribution in [3.8, 4) is 5.75 Å². The fraction of sp³-hybridized carbons (Fsp3) is 0.300. The van der Waals surface area contributed by atoms with Crippen molar-refractivity contribution in [3.05, 3.63) is 58.9 Å². The number of thioether (sulfide) groups is 1. The first kappa shape index (κ1) is 18.7. The number of rotatable bonds is 7. The first-order valence-electron chi connectivity index (χ1n) is 8.66. The molecule has 0 aliphatic heterocycles. The number of hydrogen-bond donors (Lipinski definition) is 0. The Morgan fingerprint density at radius 1 is 1.19 bits per heavy atom. The number of ether oxygens (including phenoxy) is 1. The molecule has 26 heavy (non-hydrogen) atoms. The molecule has 0 fully saturated rings. The van der Waals surface area contributed by atoms with Crippen LogP contribution < -0.4 is 9.54 Å². The molecule has 0 saturated heterocycles. The topological polar surface area (TPSA) is 43.6 Å². The molecule has 2 aromatic carbocycles. The normalized spacial score (nSPS) is 11.8. The molecule has 3 aromatic rings. The lowest BCUT2D eigenvalue weighted by Gasteiger charge is -2.03.